The fraction of sp³-hybridized carbons (Fsp3) is 0.364. The maximum Gasteiger partial charge on any atom is 0.419 e. The van der Waals surface area contributed by atoms with E-state index in [0.717, 1.165) is 12.0 Å². The van der Waals surface area contributed by atoms with Crippen LogP contribution in [-0.2, 0) is 28.3 Å². The van der Waals surface area contributed by atoms with Crippen LogP contribution in [0, 0.1) is 5.92 Å². The molecule has 4 rings (SSSR count). The van der Waals surface area contributed by atoms with Crippen molar-refractivity contribution < 1.29 is 17.6 Å². The minimum Gasteiger partial charge on any atom is -0.408 e. The number of sulfonamides is 1. The summed E-state index contributed by atoms with van der Waals surface area (Å²) in [5, 5.41) is 2.92. The highest BCUT2D eigenvalue weighted by Crippen LogP contribution is 2.27. The van der Waals surface area contributed by atoms with Gasteiger partial charge in [-0.2, -0.15) is 4.31 Å². The lowest BCUT2D eigenvalue weighted by molar-refractivity contribution is -0.120. The van der Waals surface area contributed by atoms with Crippen LogP contribution in [0.25, 0.3) is 11.1 Å². The number of piperidine rings is 1. The van der Waals surface area contributed by atoms with E-state index in [1.165, 1.54) is 21.0 Å². The van der Waals surface area contributed by atoms with Gasteiger partial charge in [-0.15, -0.1) is 0 Å². The summed E-state index contributed by atoms with van der Waals surface area (Å²) in [6.07, 6.45) is 2.08. The molecule has 1 unspecified atom stereocenters. The Balaban J connectivity index is 1.53. The minimum absolute atomic E-state index is 0.0473. The van der Waals surface area contributed by atoms with Crippen molar-refractivity contribution in [2.24, 2.45) is 13.0 Å². The van der Waals surface area contributed by atoms with E-state index in [1.54, 1.807) is 13.1 Å². The Kier molecular flexibility index (Phi) is 5.72. The molecule has 0 bridgehead atoms. The number of nitrogens with one attached hydrogen (secondary N) is 1. The molecule has 1 aliphatic rings. The molecule has 1 N–H and O–H groups in total. The first-order valence-electron chi connectivity index (χ1n) is 10.3. The van der Waals surface area contributed by atoms with E-state index in [-0.39, 0.29) is 22.9 Å². The maximum absolute atomic E-state index is 13.2. The fourth-order valence-corrected chi connectivity index (χ4v) is 5.45. The minimum atomic E-state index is -3.83. The number of hydrogen-bond donors (Lipinski definition) is 1. The molecule has 2 heterocycles. The van der Waals surface area contributed by atoms with Crippen molar-refractivity contribution in [1.82, 2.24) is 8.87 Å². The Morgan fingerprint density at radius 2 is 2.03 bits per heavy atom. The van der Waals surface area contributed by atoms with Gasteiger partial charge in [-0.25, -0.2) is 13.2 Å². The second kappa shape index (κ2) is 8.32. The van der Waals surface area contributed by atoms with E-state index in [1.807, 2.05) is 31.2 Å². The third-order valence-corrected chi connectivity index (χ3v) is 7.62. The van der Waals surface area contributed by atoms with Crippen LogP contribution in [0.15, 0.2) is 56.6 Å². The summed E-state index contributed by atoms with van der Waals surface area (Å²) >= 11 is 0. The predicted octanol–water partition coefficient (Wildman–Crippen LogP) is 2.73. The second-order valence-corrected chi connectivity index (χ2v) is 9.74. The molecule has 3 aromatic rings. The summed E-state index contributed by atoms with van der Waals surface area (Å²) in [5.41, 5.74) is 2.58. The predicted molar refractivity (Wildman–Crippen MR) is 117 cm³/mol. The molecule has 1 aromatic heterocycles. The van der Waals surface area contributed by atoms with Crippen molar-refractivity contribution in [2.45, 2.75) is 31.1 Å². The number of amides is 1. The molecule has 1 saturated heterocycles. The van der Waals surface area contributed by atoms with Gasteiger partial charge in [-0.3, -0.25) is 9.36 Å². The fourth-order valence-electron chi connectivity index (χ4n) is 3.91. The Morgan fingerprint density at radius 1 is 1.23 bits per heavy atom. The van der Waals surface area contributed by atoms with Crippen LogP contribution < -0.4 is 11.1 Å². The molecule has 164 valence electrons. The molecule has 0 aliphatic carbocycles. The van der Waals surface area contributed by atoms with Crippen molar-refractivity contribution in [3.63, 3.8) is 0 Å². The summed E-state index contributed by atoms with van der Waals surface area (Å²) in [5.74, 6) is -1.17. The molecule has 0 saturated carbocycles. The number of benzene rings is 2. The first-order valence-corrected chi connectivity index (χ1v) is 11.7. The van der Waals surface area contributed by atoms with Gasteiger partial charge in [0.2, 0.25) is 15.9 Å². The lowest BCUT2D eigenvalue weighted by Crippen LogP contribution is -2.43. The maximum atomic E-state index is 13.2. The summed E-state index contributed by atoms with van der Waals surface area (Å²) in [7, 11) is -2.26. The Bertz CT molecular complexity index is 1290. The van der Waals surface area contributed by atoms with Gasteiger partial charge >= 0.3 is 5.76 Å². The lowest BCUT2D eigenvalue weighted by atomic mass is 9.98. The van der Waals surface area contributed by atoms with E-state index in [2.05, 4.69) is 5.32 Å². The molecular formula is C22H25N3O5S. The molecule has 0 spiro atoms. The van der Waals surface area contributed by atoms with Gasteiger partial charge in [0.15, 0.2) is 5.58 Å². The number of aromatic nitrogens is 1. The van der Waals surface area contributed by atoms with Gasteiger partial charge in [0.05, 0.1) is 16.3 Å². The second-order valence-electron chi connectivity index (χ2n) is 7.80. The number of fused-ring (bicyclic) bond motifs is 1. The molecule has 0 radical (unpaired) electrons. The van der Waals surface area contributed by atoms with Gasteiger partial charge in [0.1, 0.15) is 0 Å². The molecule has 2 aromatic carbocycles. The molecule has 9 heteroatoms. The van der Waals surface area contributed by atoms with Crippen LogP contribution >= 0.6 is 0 Å². The first-order chi connectivity index (χ1) is 14.8. The van der Waals surface area contributed by atoms with Gasteiger partial charge in [-0.05, 0) is 49.1 Å². The van der Waals surface area contributed by atoms with Crippen molar-refractivity contribution >= 4 is 32.7 Å². The number of carbonyl (C=O) groups excluding carboxylic acids is 1. The molecule has 1 atom stereocenters. The number of hydrogen-bond acceptors (Lipinski definition) is 5. The van der Waals surface area contributed by atoms with E-state index in [0.29, 0.717) is 30.6 Å². The zero-order valence-electron chi connectivity index (χ0n) is 17.5. The van der Waals surface area contributed by atoms with Crippen molar-refractivity contribution in [3.8, 4) is 0 Å². The van der Waals surface area contributed by atoms with Crippen molar-refractivity contribution in [3.05, 3.63) is 58.6 Å². The molecule has 1 fully saturated rings. The summed E-state index contributed by atoms with van der Waals surface area (Å²) in [6.45, 7) is 2.50. The highest BCUT2D eigenvalue weighted by molar-refractivity contribution is 7.89. The molecular weight excluding hydrogens is 418 g/mol. The number of anilines is 1. The summed E-state index contributed by atoms with van der Waals surface area (Å²) in [6, 6.07) is 12.0. The van der Waals surface area contributed by atoms with E-state index >= 15 is 0 Å². The number of carbonyl (C=O) groups is 1. The average molecular weight is 444 g/mol. The number of nitrogens with zero attached hydrogens (tertiary/aromatic N) is 2. The van der Waals surface area contributed by atoms with Crippen LogP contribution in [0.5, 0.6) is 0 Å². The average Bonchev–Trinajstić information content (AvgIpc) is 3.07. The smallest absolute Gasteiger partial charge is 0.408 e. The van der Waals surface area contributed by atoms with Gasteiger partial charge in [-0.1, -0.05) is 19.1 Å². The summed E-state index contributed by atoms with van der Waals surface area (Å²) < 4.78 is 34.2. The lowest BCUT2D eigenvalue weighted by Gasteiger charge is -2.31. The van der Waals surface area contributed by atoms with Crippen LogP contribution in [0.2, 0.25) is 0 Å². The topological polar surface area (TPSA) is 102 Å². The third-order valence-electron chi connectivity index (χ3n) is 5.76. The quantitative estimate of drug-likeness (QED) is 0.653. The largest absolute Gasteiger partial charge is 0.419 e. The van der Waals surface area contributed by atoms with E-state index in [9.17, 15) is 18.0 Å². The van der Waals surface area contributed by atoms with E-state index in [4.69, 9.17) is 4.42 Å². The number of rotatable bonds is 5. The Labute approximate surface area is 180 Å². The number of oxazole rings is 1. The van der Waals surface area contributed by atoms with Crippen LogP contribution in [0.1, 0.15) is 25.3 Å². The normalized spacial score (nSPS) is 17.7. The Morgan fingerprint density at radius 3 is 2.81 bits per heavy atom. The zero-order chi connectivity index (χ0) is 22.2. The molecule has 31 heavy (non-hydrogen) atoms. The highest BCUT2D eigenvalue weighted by Gasteiger charge is 2.33. The molecule has 1 aliphatic heterocycles. The zero-order valence-corrected chi connectivity index (χ0v) is 18.3. The van der Waals surface area contributed by atoms with Crippen LogP contribution in [-0.4, -0.2) is 36.3 Å². The van der Waals surface area contributed by atoms with Gasteiger partial charge in [0, 0.05) is 31.9 Å². The number of aryl methyl sites for hydroxylation is 2. The Hall–Kier alpha value is -2.91. The SMILES string of the molecule is CCc1cccc(NC(=O)C2CCCN(S(=O)(=O)c3ccc4c(c3)oc(=O)n4C)C2)c1. The molecule has 8 nitrogen and oxygen atoms in total. The van der Waals surface area contributed by atoms with Crippen LogP contribution in [0.4, 0.5) is 5.69 Å². The van der Waals surface area contributed by atoms with E-state index < -0.39 is 21.7 Å². The van der Waals surface area contributed by atoms with Gasteiger partial charge in [0.25, 0.3) is 0 Å². The standard InChI is InChI=1S/C22H25N3O5S/c1-3-15-6-4-8-17(12-15)23-21(26)16-7-5-11-25(14-16)31(28,29)18-9-10-19-20(13-18)30-22(27)24(19)2/h4,6,8-10,12-13,16H,3,5,7,11,14H2,1-2H3,(H,23,26). The van der Waals surface area contributed by atoms with Gasteiger partial charge < -0.3 is 9.73 Å². The van der Waals surface area contributed by atoms with Crippen LogP contribution in [0.3, 0.4) is 0 Å². The molecule has 1 amide bonds. The van der Waals surface area contributed by atoms with Crippen molar-refractivity contribution in [1.29, 1.82) is 0 Å². The highest BCUT2D eigenvalue weighted by atomic mass is 32.2. The summed E-state index contributed by atoms with van der Waals surface area (Å²) in [4.78, 5) is 24.6. The monoisotopic (exact) mass is 443 g/mol. The first kappa shape index (κ1) is 21.3. The van der Waals surface area contributed by atoms with Crippen molar-refractivity contribution in [2.75, 3.05) is 18.4 Å². The third kappa shape index (κ3) is 4.15.